The molecule has 0 saturated carbocycles. The van der Waals surface area contributed by atoms with Crippen molar-refractivity contribution in [2.24, 2.45) is 5.92 Å². The van der Waals surface area contributed by atoms with Gasteiger partial charge < -0.3 is 10.2 Å². The molecule has 110 valence electrons. The summed E-state index contributed by atoms with van der Waals surface area (Å²) < 4.78 is 13.1. The number of hydrogen-bond donors (Lipinski definition) is 1. The zero-order valence-corrected chi connectivity index (χ0v) is 12.2. The summed E-state index contributed by atoms with van der Waals surface area (Å²) in [6.45, 7) is 6.82. The Kier molecular flexibility index (Phi) is 5.12. The van der Waals surface area contributed by atoms with Crippen molar-refractivity contribution >= 4 is 5.91 Å². The molecule has 2 rings (SSSR count). The van der Waals surface area contributed by atoms with Crippen LogP contribution >= 0.6 is 0 Å². The molecule has 1 aliphatic heterocycles. The van der Waals surface area contributed by atoms with Gasteiger partial charge in [0.25, 0.3) is 0 Å². The summed E-state index contributed by atoms with van der Waals surface area (Å²) in [5.74, 6) is 0.270. The highest BCUT2D eigenvalue weighted by atomic mass is 19.1. The highest BCUT2D eigenvalue weighted by Crippen LogP contribution is 2.18. The Morgan fingerprint density at radius 3 is 2.95 bits per heavy atom. The van der Waals surface area contributed by atoms with E-state index in [2.05, 4.69) is 19.2 Å². The van der Waals surface area contributed by atoms with Crippen LogP contribution in [0.4, 0.5) is 4.39 Å². The van der Waals surface area contributed by atoms with E-state index in [4.69, 9.17) is 0 Å². The second-order valence-corrected chi connectivity index (χ2v) is 5.58. The first-order chi connectivity index (χ1) is 9.60. The maximum Gasteiger partial charge on any atom is 0.227 e. The summed E-state index contributed by atoms with van der Waals surface area (Å²) in [7, 11) is 0. The van der Waals surface area contributed by atoms with E-state index in [1.54, 1.807) is 12.1 Å². The van der Waals surface area contributed by atoms with Gasteiger partial charge >= 0.3 is 0 Å². The molecule has 1 saturated heterocycles. The molecule has 1 aromatic carbocycles. The van der Waals surface area contributed by atoms with Crippen LogP contribution in [0.15, 0.2) is 24.3 Å². The average molecular weight is 278 g/mol. The number of halogens is 1. The Morgan fingerprint density at radius 1 is 1.50 bits per heavy atom. The number of piperidine rings is 1. The van der Waals surface area contributed by atoms with Gasteiger partial charge in [-0.2, -0.15) is 0 Å². The topological polar surface area (TPSA) is 32.3 Å². The van der Waals surface area contributed by atoms with Crippen LogP contribution < -0.4 is 5.32 Å². The molecule has 1 heterocycles. The van der Waals surface area contributed by atoms with Gasteiger partial charge in [0.05, 0.1) is 6.42 Å². The van der Waals surface area contributed by atoms with Gasteiger partial charge in [-0.05, 0) is 36.6 Å². The van der Waals surface area contributed by atoms with E-state index in [1.807, 2.05) is 4.90 Å². The third-order valence-electron chi connectivity index (χ3n) is 3.97. The maximum atomic E-state index is 13.1. The minimum atomic E-state index is -0.283. The van der Waals surface area contributed by atoms with Crippen molar-refractivity contribution in [3.8, 4) is 0 Å². The van der Waals surface area contributed by atoms with Crippen LogP contribution in [-0.2, 0) is 11.2 Å². The van der Waals surface area contributed by atoms with E-state index in [0.29, 0.717) is 12.0 Å². The van der Waals surface area contributed by atoms with Crippen LogP contribution in [0.3, 0.4) is 0 Å². The minimum Gasteiger partial charge on any atom is -0.342 e. The van der Waals surface area contributed by atoms with Gasteiger partial charge in [-0.3, -0.25) is 4.79 Å². The quantitative estimate of drug-likeness (QED) is 0.916. The van der Waals surface area contributed by atoms with Gasteiger partial charge in [-0.1, -0.05) is 26.0 Å². The fraction of sp³-hybridized carbons (Fsp3) is 0.562. The van der Waals surface area contributed by atoms with Crippen LogP contribution in [0, 0.1) is 11.7 Å². The molecule has 1 amide bonds. The van der Waals surface area contributed by atoms with Crippen molar-refractivity contribution in [2.75, 3.05) is 19.6 Å². The van der Waals surface area contributed by atoms with E-state index in [-0.39, 0.29) is 18.1 Å². The molecule has 0 spiro atoms. The Balaban J connectivity index is 1.91. The van der Waals surface area contributed by atoms with Crippen molar-refractivity contribution in [3.05, 3.63) is 35.6 Å². The van der Waals surface area contributed by atoms with E-state index >= 15 is 0 Å². The van der Waals surface area contributed by atoms with Crippen molar-refractivity contribution in [1.82, 2.24) is 10.2 Å². The molecule has 1 aliphatic rings. The molecule has 4 heteroatoms. The number of carbonyl (C=O) groups is 1. The molecule has 1 fully saturated rings. The summed E-state index contributed by atoms with van der Waals surface area (Å²) in [6, 6.07) is 6.79. The lowest BCUT2D eigenvalue weighted by molar-refractivity contribution is -0.132. The Bertz CT molecular complexity index is 464. The van der Waals surface area contributed by atoms with E-state index in [9.17, 15) is 9.18 Å². The molecule has 0 bridgehead atoms. The molecule has 1 aromatic rings. The highest BCUT2D eigenvalue weighted by molar-refractivity contribution is 5.78. The first-order valence-corrected chi connectivity index (χ1v) is 7.35. The molecule has 1 N–H and O–H groups in total. The van der Waals surface area contributed by atoms with Gasteiger partial charge in [-0.15, -0.1) is 0 Å². The van der Waals surface area contributed by atoms with Crippen molar-refractivity contribution in [2.45, 2.75) is 32.7 Å². The number of rotatable bonds is 4. The van der Waals surface area contributed by atoms with Crippen molar-refractivity contribution in [3.63, 3.8) is 0 Å². The van der Waals surface area contributed by atoms with Gasteiger partial charge in [-0.25, -0.2) is 4.39 Å². The Morgan fingerprint density at radius 2 is 2.30 bits per heavy atom. The van der Waals surface area contributed by atoms with Gasteiger partial charge in [0.1, 0.15) is 5.82 Å². The fourth-order valence-corrected chi connectivity index (χ4v) is 2.87. The number of hydrogen-bond acceptors (Lipinski definition) is 2. The molecule has 3 nitrogen and oxygen atoms in total. The van der Waals surface area contributed by atoms with E-state index in [0.717, 1.165) is 31.6 Å². The lowest BCUT2D eigenvalue weighted by atomic mass is 9.93. The molecule has 0 aliphatic carbocycles. The van der Waals surface area contributed by atoms with Gasteiger partial charge in [0.2, 0.25) is 5.91 Å². The Labute approximate surface area is 120 Å². The SMILES string of the molecule is CCNC1CCN(C(=O)Cc2cccc(F)c2)CC1C. The normalized spacial score (nSPS) is 22.9. The number of nitrogens with zero attached hydrogens (tertiary/aromatic N) is 1. The van der Waals surface area contributed by atoms with Crippen LogP contribution in [0.1, 0.15) is 25.8 Å². The minimum absolute atomic E-state index is 0.0948. The van der Waals surface area contributed by atoms with Crippen LogP contribution in [-0.4, -0.2) is 36.5 Å². The number of amides is 1. The summed E-state index contributed by atoms with van der Waals surface area (Å²) in [5.41, 5.74) is 0.747. The number of likely N-dealkylation sites (tertiary alicyclic amines) is 1. The average Bonchev–Trinajstić information content (AvgIpc) is 2.41. The zero-order valence-electron chi connectivity index (χ0n) is 12.2. The van der Waals surface area contributed by atoms with Crippen LogP contribution in [0.25, 0.3) is 0 Å². The second kappa shape index (κ2) is 6.84. The maximum absolute atomic E-state index is 13.1. The monoisotopic (exact) mass is 278 g/mol. The second-order valence-electron chi connectivity index (χ2n) is 5.58. The molecular weight excluding hydrogens is 255 g/mol. The predicted molar refractivity (Wildman–Crippen MR) is 77.9 cm³/mol. The first-order valence-electron chi connectivity index (χ1n) is 7.35. The summed E-state index contributed by atoms with van der Waals surface area (Å²) >= 11 is 0. The van der Waals surface area contributed by atoms with Gasteiger partial charge in [0, 0.05) is 19.1 Å². The Hall–Kier alpha value is -1.42. The van der Waals surface area contributed by atoms with Gasteiger partial charge in [0.15, 0.2) is 0 Å². The van der Waals surface area contributed by atoms with E-state index in [1.165, 1.54) is 12.1 Å². The standard InChI is InChI=1S/C16H23FN2O/c1-3-18-15-7-8-19(11-12(15)2)16(20)10-13-5-4-6-14(17)9-13/h4-6,9,12,15,18H,3,7-8,10-11H2,1-2H3. The summed E-state index contributed by atoms with van der Waals surface area (Å²) in [5, 5.41) is 3.46. The number of nitrogens with one attached hydrogen (secondary N) is 1. The molecule has 2 unspecified atom stereocenters. The smallest absolute Gasteiger partial charge is 0.227 e. The fourth-order valence-electron chi connectivity index (χ4n) is 2.87. The molecule has 2 atom stereocenters. The van der Waals surface area contributed by atoms with E-state index < -0.39 is 0 Å². The summed E-state index contributed by atoms with van der Waals surface area (Å²) in [6.07, 6.45) is 1.28. The molecule has 0 radical (unpaired) electrons. The first kappa shape index (κ1) is 15.0. The third-order valence-corrected chi connectivity index (χ3v) is 3.97. The molecule has 20 heavy (non-hydrogen) atoms. The van der Waals surface area contributed by atoms with Crippen LogP contribution in [0.5, 0.6) is 0 Å². The molecule has 0 aromatic heterocycles. The zero-order chi connectivity index (χ0) is 14.5. The van der Waals surface area contributed by atoms with Crippen LogP contribution in [0.2, 0.25) is 0 Å². The number of benzene rings is 1. The largest absolute Gasteiger partial charge is 0.342 e. The number of carbonyl (C=O) groups excluding carboxylic acids is 1. The lowest BCUT2D eigenvalue weighted by Crippen LogP contribution is -2.50. The lowest BCUT2D eigenvalue weighted by Gasteiger charge is -2.37. The third kappa shape index (κ3) is 3.79. The highest BCUT2D eigenvalue weighted by Gasteiger charge is 2.27. The summed E-state index contributed by atoms with van der Waals surface area (Å²) in [4.78, 5) is 14.2. The van der Waals surface area contributed by atoms with Crippen molar-refractivity contribution < 1.29 is 9.18 Å². The van der Waals surface area contributed by atoms with Crippen molar-refractivity contribution in [1.29, 1.82) is 0 Å². The molecular formula is C16H23FN2O. The predicted octanol–water partition coefficient (Wildman–Crippen LogP) is 2.21.